The lowest BCUT2D eigenvalue weighted by Gasteiger charge is -2.25. The van der Waals surface area contributed by atoms with Crippen LogP contribution in [0.1, 0.15) is 38.2 Å². The first kappa shape index (κ1) is 21.4. The summed E-state index contributed by atoms with van der Waals surface area (Å²) in [6, 6.07) is 11.9. The molecule has 146 valence electrons. The molecule has 2 aliphatic rings. The fourth-order valence-corrected chi connectivity index (χ4v) is 4.15. The zero-order valence-corrected chi connectivity index (χ0v) is 18.3. The van der Waals surface area contributed by atoms with Crippen molar-refractivity contribution in [1.82, 2.24) is 15.1 Å². The van der Waals surface area contributed by atoms with E-state index in [2.05, 4.69) is 57.4 Å². The molecule has 3 N–H and O–H groups in total. The van der Waals surface area contributed by atoms with Gasteiger partial charge in [0.1, 0.15) is 0 Å². The number of hydrogen-bond acceptors (Lipinski definition) is 3. The van der Waals surface area contributed by atoms with E-state index in [4.69, 9.17) is 5.73 Å². The van der Waals surface area contributed by atoms with Crippen LogP contribution in [0.3, 0.4) is 0 Å². The highest BCUT2D eigenvalue weighted by atomic mass is 127. The summed E-state index contributed by atoms with van der Waals surface area (Å²) in [6.07, 6.45) is 5.04. The minimum Gasteiger partial charge on any atom is -0.370 e. The molecule has 2 heterocycles. The van der Waals surface area contributed by atoms with Gasteiger partial charge in [-0.2, -0.15) is 0 Å². The number of aliphatic imine (C=N–C) groups is 1. The first-order valence-electron chi connectivity index (χ1n) is 9.82. The molecule has 0 aliphatic carbocycles. The maximum Gasteiger partial charge on any atom is 0.188 e. The van der Waals surface area contributed by atoms with Gasteiger partial charge < -0.3 is 11.1 Å². The van der Waals surface area contributed by atoms with Gasteiger partial charge in [-0.3, -0.25) is 14.8 Å². The van der Waals surface area contributed by atoms with Gasteiger partial charge in [-0.15, -0.1) is 24.0 Å². The molecule has 2 saturated heterocycles. The minimum absolute atomic E-state index is 0. The highest BCUT2D eigenvalue weighted by Crippen LogP contribution is 2.19. The Balaban J connectivity index is 0.00000243. The van der Waals surface area contributed by atoms with E-state index in [1.54, 1.807) is 0 Å². The molecule has 5 nitrogen and oxygen atoms in total. The Morgan fingerprint density at radius 1 is 1.12 bits per heavy atom. The number of likely N-dealkylation sites (N-methyl/N-ethyl adjacent to an activating group) is 1. The molecule has 3 rings (SSSR count). The molecule has 2 atom stereocenters. The maximum atomic E-state index is 6.12. The normalized spacial score (nSPS) is 24.6. The lowest BCUT2D eigenvalue weighted by molar-refractivity contribution is 0.245. The maximum absolute atomic E-state index is 6.12. The van der Waals surface area contributed by atoms with Crippen molar-refractivity contribution in [2.24, 2.45) is 10.7 Å². The predicted molar refractivity (Wildman–Crippen MR) is 120 cm³/mol. The molecule has 1 aromatic carbocycles. The van der Waals surface area contributed by atoms with Crippen LogP contribution < -0.4 is 11.1 Å². The van der Waals surface area contributed by atoms with Crippen LogP contribution in [-0.4, -0.2) is 60.6 Å². The van der Waals surface area contributed by atoms with Crippen LogP contribution in [-0.2, 0) is 6.54 Å². The van der Waals surface area contributed by atoms with Gasteiger partial charge in [-0.1, -0.05) is 37.3 Å². The molecule has 0 aromatic heterocycles. The van der Waals surface area contributed by atoms with Crippen LogP contribution in [0.15, 0.2) is 35.3 Å². The molecule has 0 amide bonds. The van der Waals surface area contributed by atoms with E-state index in [9.17, 15) is 0 Å². The van der Waals surface area contributed by atoms with Crippen LogP contribution in [0, 0.1) is 0 Å². The zero-order valence-electron chi connectivity index (χ0n) is 15.9. The molecule has 0 saturated carbocycles. The monoisotopic (exact) mass is 471 g/mol. The Hall–Kier alpha value is -0.860. The fourth-order valence-electron chi connectivity index (χ4n) is 4.15. The number of nitrogens with zero attached hydrogens (tertiary/aromatic N) is 3. The Labute approximate surface area is 175 Å². The summed E-state index contributed by atoms with van der Waals surface area (Å²) in [5, 5.41) is 3.36. The van der Waals surface area contributed by atoms with Gasteiger partial charge in [-0.25, -0.2) is 0 Å². The highest BCUT2D eigenvalue weighted by molar-refractivity contribution is 14.0. The molecule has 0 radical (unpaired) electrons. The molecule has 0 bridgehead atoms. The van der Waals surface area contributed by atoms with Crippen molar-refractivity contribution in [1.29, 1.82) is 0 Å². The summed E-state index contributed by atoms with van der Waals surface area (Å²) in [6.45, 7) is 8.47. The summed E-state index contributed by atoms with van der Waals surface area (Å²) >= 11 is 0. The summed E-state index contributed by atoms with van der Waals surface area (Å²) in [7, 11) is 0. The van der Waals surface area contributed by atoms with Crippen molar-refractivity contribution in [3.05, 3.63) is 35.9 Å². The average molecular weight is 471 g/mol. The first-order valence-corrected chi connectivity index (χ1v) is 9.82. The van der Waals surface area contributed by atoms with Crippen molar-refractivity contribution in [2.45, 2.75) is 51.2 Å². The third kappa shape index (κ3) is 6.09. The van der Waals surface area contributed by atoms with Gasteiger partial charge in [0.15, 0.2) is 5.96 Å². The molecule has 2 fully saturated rings. The van der Waals surface area contributed by atoms with E-state index in [0.717, 1.165) is 26.2 Å². The number of nitrogens with two attached hydrogens (primary N) is 1. The topological polar surface area (TPSA) is 56.9 Å². The van der Waals surface area contributed by atoms with Crippen molar-refractivity contribution in [3.8, 4) is 0 Å². The standard InChI is InChI=1S/C20H33N5.HI/c1-2-24-12-6-10-18(24)14-22-20(21)23-15-19-11-7-13-25(19)16-17-8-4-3-5-9-17;/h3-5,8-9,18-19H,2,6-7,10-16H2,1H3,(H3,21,22,23);1H. The number of benzene rings is 1. The van der Waals surface area contributed by atoms with Crippen LogP contribution in [0.25, 0.3) is 0 Å². The summed E-state index contributed by atoms with van der Waals surface area (Å²) in [5.41, 5.74) is 7.50. The smallest absolute Gasteiger partial charge is 0.188 e. The number of rotatable bonds is 7. The van der Waals surface area contributed by atoms with E-state index in [-0.39, 0.29) is 24.0 Å². The average Bonchev–Trinajstić information content (AvgIpc) is 3.28. The highest BCUT2D eigenvalue weighted by Gasteiger charge is 2.25. The molecule has 0 spiro atoms. The Bertz CT molecular complexity index is 550. The predicted octanol–water partition coefficient (Wildman–Crippen LogP) is 2.66. The quantitative estimate of drug-likeness (QED) is 0.365. The Morgan fingerprint density at radius 2 is 1.81 bits per heavy atom. The first-order chi connectivity index (χ1) is 12.3. The molecule has 26 heavy (non-hydrogen) atoms. The SMILES string of the molecule is CCN1CCCC1CN=C(N)NCC1CCCN1Cc1ccccc1.I. The second kappa shape index (κ2) is 11.1. The largest absolute Gasteiger partial charge is 0.370 e. The fraction of sp³-hybridized carbons (Fsp3) is 0.650. The van der Waals surface area contributed by atoms with Crippen molar-refractivity contribution < 1.29 is 0 Å². The molecular weight excluding hydrogens is 437 g/mol. The number of likely N-dealkylation sites (tertiary alicyclic amines) is 2. The van der Waals surface area contributed by atoms with Gasteiger partial charge in [0.05, 0.1) is 6.54 Å². The number of hydrogen-bond donors (Lipinski definition) is 2. The summed E-state index contributed by atoms with van der Waals surface area (Å²) < 4.78 is 0. The lowest BCUT2D eigenvalue weighted by atomic mass is 10.2. The number of guanidine groups is 1. The zero-order chi connectivity index (χ0) is 17.5. The van der Waals surface area contributed by atoms with Crippen LogP contribution >= 0.6 is 24.0 Å². The molecule has 2 aliphatic heterocycles. The molecule has 6 heteroatoms. The molecule has 2 unspecified atom stereocenters. The van der Waals surface area contributed by atoms with Gasteiger partial charge in [0.2, 0.25) is 0 Å². The summed E-state index contributed by atoms with van der Waals surface area (Å²) in [5.74, 6) is 0.606. The number of nitrogens with one attached hydrogen (secondary N) is 1. The van der Waals surface area contributed by atoms with Gasteiger partial charge in [0.25, 0.3) is 0 Å². The van der Waals surface area contributed by atoms with Gasteiger partial charge >= 0.3 is 0 Å². The third-order valence-electron chi connectivity index (χ3n) is 5.62. The Kier molecular flexibility index (Phi) is 9.15. The lowest BCUT2D eigenvalue weighted by Crippen LogP contribution is -2.43. The van der Waals surface area contributed by atoms with Crippen molar-refractivity contribution in [2.75, 3.05) is 32.7 Å². The van der Waals surface area contributed by atoms with E-state index in [1.807, 2.05) is 0 Å². The van der Waals surface area contributed by atoms with Crippen LogP contribution in [0.4, 0.5) is 0 Å². The number of halogens is 1. The molecular formula is C20H34IN5. The minimum atomic E-state index is 0. The van der Waals surface area contributed by atoms with Crippen molar-refractivity contribution in [3.63, 3.8) is 0 Å². The van der Waals surface area contributed by atoms with Crippen LogP contribution in [0.2, 0.25) is 0 Å². The van der Waals surface area contributed by atoms with Crippen molar-refractivity contribution >= 4 is 29.9 Å². The Morgan fingerprint density at radius 3 is 2.54 bits per heavy atom. The second-order valence-electron chi connectivity index (χ2n) is 7.28. The summed E-state index contributed by atoms with van der Waals surface area (Å²) in [4.78, 5) is 9.67. The van der Waals surface area contributed by atoms with Crippen LogP contribution in [0.5, 0.6) is 0 Å². The third-order valence-corrected chi connectivity index (χ3v) is 5.62. The van der Waals surface area contributed by atoms with E-state index < -0.39 is 0 Å². The molecule has 1 aromatic rings. The van der Waals surface area contributed by atoms with Gasteiger partial charge in [0, 0.05) is 25.2 Å². The second-order valence-corrected chi connectivity index (χ2v) is 7.28. The van der Waals surface area contributed by atoms with Gasteiger partial charge in [-0.05, 0) is 50.9 Å². The van der Waals surface area contributed by atoms with E-state index in [1.165, 1.54) is 44.3 Å². The van der Waals surface area contributed by atoms with E-state index >= 15 is 0 Å². The van der Waals surface area contributed by atoms with E-state index in [0.29, 0.717) is 18.0 Å².